The Kier molecular flexibility index (Phi) is 5.50. The van der Waals surface area contributed by atoms with Crippen molar-refractivity contribution in [1.82, 2.24) is 4.57 Å². The van der Waals surface area contributed by atoms with Crippen molar-refractivity contribution in [3.05, 3.63) is 48.5 Å². The molecule has 1 aromatic heterocycles. The smallest absolute Gasteiger partial charge is 0.493 e. The number of halogens is 3. The van der Waals surface area contributed by atoms with Crippen molar-refractivity contribution < 1.29 is 23.0 Å². The van der Waals surface area contributed by atoms with Crippen molar-refractivity contribution in [2.45, 2.75) is 19.8 Å². The van der Waals surface area contributed by atoms with Crippen LogP contribution < -0.4 is 10.1 Å². The quantitative estimate of drug-likeness (QED) is 0.426. The van der Waals surface area contributed by atoms with Crippen LogP contribution in [-0.2, 0) is 6.54 Å². The molecule has 0 saturated carbocycles. The van der Waals surface area contributed by atoms with E-state index in [9.17, 15) is 18.3 Å². The minimum Gasteiger partial charge on any atom is -0.493 e. The number of alkyl halides is 3. The minimum atomic E-state index is -4.83. The molecule has 10 heteroatoms. The minimum absolute atomic E-state index is 0.00156. The highest BCUT2D eigenvalue weighted by molar-refractivity contribution is 7.80. The van der Waals surface area contributed by atoms with Gasteiger partial charge >= 0.3 is 6.36 Å². The molecule has 0 spiro atoms. The Bertz CT molecular complexity index is 1030. The maximum atomic E-state index is 12.5. The molecule has 146 valence electrons. The molecule has 1 heterocycles. The maximum Gasteiger partial charge on any atom is 0.573 e. The van der Waals surface area contributed by atoms with Gasteiger partial charge in [0.2, 0.25) is 11.0 Å². The number of ether oxygens (including phenoxy) is 1. The highest BCUT2D eigenvalue weighted by Gasteiger charge is 2.31. The highest BCUT2D eigenvalue weighted by Crippen LogP contribution is 2.41. The van der Waals surface area contributed by atoms with Crippen LogP contribution in [0.1, 0.15) is 6.92 Å². The zero-order valence-corrected chi connectivity index (χ0v) is 15.4. The number of aromatic nitrogens is 1. The van der Waals surface area contributed by atoms with Gasteiger partial charge in [-0.2, -0.15) is 0 Å². The molecular formula is C18H15F3N4O2S. The van der Waals surface area contributed by atoms with Crippen LogP contribution in [0, 0.1) is 0 Å². The van der Waals surface area contributed by atoms with Gasteiger partial charge in [0.05, 0.1) is 5.52 Å². The predicted molar refractivity (Wildman–Crippen MR) is 103 cm³/mol. The Morgan fingerprint density at radius 2 is 1.93 bits per heavy atom. The first-order valence-corrected chi connectivity index (χ1v) is 8.58. The first-order chi connectivity index (χ1) is 13.3. The Balaban J connectivity index is 1.95. The molecule has 28 heavy (non-hydrogen) atoms. The van der Waals surface area contributed by atoms with Crippen LogP contribution in [0.2, 0.25) is 0 Å². The van der Waals surface area contributed by atoms with E-state index in [2.05, 4.69) is 20.3 Å². The number of azo groups is 1. The molecule has 2 N–H and O–H groups in total. The molecule has 0 amide bonds. The molecule has 3 aromatic rings. The second-order valence-electron chi connectivity index (χ2n) is 5.64. The van der Waals surface area contributed by atoms with E-state index >= 15 is 0 Å². The van der Waals surface area contributed by atoms with Crippen LogP contribution >= 0.6 is 12.2 Å². The Morgan fingerprint density at radius 3 is 2.57 bits per heavy atom. The standard InChI is InChI=1S/C18H15F3N4O2S/c1-2-25-14-9-8-12(27-18(19,20)21)10-13(14)15(16(25)26)23-24-17(28)22-11-6-4-3-5-7-11/h3-10,26H,2H2,1H3,(H,22,28). The summed E-state index contributed by atoms with van der Waals surface area (Å²) in [6, 6.07) is 12.8. The lowest BCUT2D eigenvalue weighted by Gasteiger charge is -2.09. The molecule has 0 atom stereocenters. The first-order valence-electron chi connectivity index (χ1n) is 8.17. The summed E-state index contributed by atoms with van der Waals surface area (Å²) in [5.74, 6) is -0.650. The number of aromatic hydroxyl groups is 1. The lowest BCUT2D eigenvalue weighted by atomic mass is 10.2. The van der Waals surface area contributed by atoms with E-state index in [-0.39, 0.29) is 22.1 Å². The van der Waals surface area contributed by atoms with Gasteiger partial charge in [0, 0.05) is 17.6 Å². The molecule has 0 saturated heterocycles. The molecule has 0 bridgehead atoms. The van der Waals surface area contributed by atoms with Crippen molar-refractivity contribution in [1.29, 1.82) is 0 Å². The van der Waals surface area contributed by atoms with Crippen LogP contribution in [0.25, 0.3) is 10.9 Å². The van der Waals surface area contributed by atoms with E-state index in [0.717, 1.165) is 6.07 Å². The lowest BCUT2D eigenvalue weighted by molar-refractivity contribution is -0.274. The van der Waals surface area contributed by atoms with E-state index in [1.54, 1.807) is 19.1 Å². The molecule has 0 radical (unpaired) electrons. The number of nitrogens with one attached hydrogen (secondary N) is 1. The Hall–Kier alpha value is -3.14. The molecule has 3 rings (SSSR count). The topological polar surface area (TPSA) is 71.1 Å². The van der Waals surface area contributed by atoms with Crippen LogP contribution in [0.5, 0.6) is 11.6 Å². The fraction of sp³-hybridized carbons (Fsp3) is 0.167. The highest BCUT2D eigenvalue weighted by atomic mass is 32.1. The summed E-state index contributed by atoms with van der Waals surface area (Å²) in [6.07, 6.45) is -4.83. The van der Waals surface area contributed by atoms with Gasteiger partial charge < -0.3 is 19.7 Å². The second-order valence-corrected chi connectivity index (χ2v) is 6.03. The van der Waals surface area contributed by atoms with Crippen LogP contribution in [0.15, 0.2) is 58.8 Å². The van der Waals surface area contributed by atoms with Crippen molar-refractivity contribution in [3.63, 3.8) is 0 Å². The molecule has 0 aliphatic rings. The Labute approximate surface area is 163 Å². The SMILES string of the molecule is CCn1c(O)c(N=NC(=S)Nc2ccccc2)c2cc(OC(F)(F)F)ccc21. The average molecular weight is 408 g/mol. The molecule has 2 aromatic carbocycles. The number of para-hydroxylation sites is 1. The summed E-state index contributed by atoms with van der Waals surface area (Å²) in [6.45, 7) is 2.16. The monoisotopic (exact) mass is 408 g/mol. The second kappa shape index (κ2) is 7.85. The third-order valence-corrected chi connectivity index (χ3v) is 3.98. The van der Waals surface area contributed by atoms with Gasteiger partial charge in [-0.3, -0.25) is 0 Å². The number of aryl methyl sites for hydroxylation is 1. The summed E-state index contributed by atoms with van der Waals surface area (Å²) < 4.78 is 43.0. The summed E-state index contributed by atoms with van der Waals surface area (Å²) in [5, 5.41) is 21.4. The van der Waals surface area contributed by atoms with Gasteiger partial charge in [0.25, 0.3) is 0 Å². The number of rotatable bonds is 4. The Morgan fingerprint density at radius 1 is 1.21 bits per heavy atom. The molecule has 0 aliphatic carbocycles. The summed E-state index contributed by atoms with van der Waals surface area (Å²) in [4.78, 5) is 0. The first kappa shape index (κ1) is 19.6. The predicted octanol–water partition coefficient (Wildman–Crippen LogP) is 5.75. The molecule has 6 nitrogen and oxygen atoms in total. The van der Waals surface area contributed by atoms with Crippen molar-refractivity contribution in [2.75, 3.05) is 5.32 Å². The molecular weight excluding hydrogens is 393 g/mol. The lowest BCUT2D eigenvalue weighted by Crippen LogP contribution is -2.16. The van der Waals surface area contributed by atoms with Crippen LogP contribution in [-0.4, -0.2) is 21.1 Å². The van der Waals surface area contributed by atoms with E-state index in [4.69, 9.17) is 12.2 Å². The maximum absolute atomic E-state index is 12.5. The zero-order chi connectivity index (χ0) is 20.3. The van der Waals surface area contributed by atoms with E-state index in [1.165, 1.54) is 16.7 Å². The van der Waals surface area contributed by atoms with Gasteiger partial charge in [-0.15, -0.1) is 23.4 Å². The van der Waals surface area contributed by atoms with Crippen molar-refractivity contribution >= 4 is 39.6 Å². The fourth-order valence-electron chi connectivity index (χ4n) is 2.68. The third-order valence-electron chi connectivity index (χ3n) is 3.80. The van der Waals surface area contributed by atoms with Crippen LogP contribution in [0.4, 0.5) is 24.5 Å². The number of thiocarbonyl (C=S) groups is 1. The molecule has 0 aliphatic heterocycles. The fourth-order valence-corrected chi connectivity index (χ4v) is 2.84. The zero-order valence-electron chi connectivity index (χ0n) is 14.6. The van der Waals surface area contributed by atoms with Crippen LogP contribution in [0.3, 0.4) is 0 Å². The number of benzene rings is 2. The largest absolute Gasteiger partial charge is 0.573 e. The van der Waals surface area contributed by atoms with Crippen molar-refractivity contribution in [2.24, 2.45) is 10.2 Å². The van der Waals surface area contributed by atoms with E-state index < -0.39 is 12.1 Å². The summed E-state index contributed by atoms with van der Waals surface area (Å²) in [5.41, 5.74) is 1.19. The molecule has 0 fully saturated rings. The van der Waals surface area contributed by atoms with Gasteiger partial charge in [0.1, 0.15) is 5.75 Å². The number of nitrogens with zero attached hydrogens (tertiary/aromatic N) is 3. The van der Waals surface area contributed by atoms with Gasteiger partial charge in [-0.05, 0) is 49.5 Å². The number of hydrogen-bond donors (Lipinski definition) is 2. The molecule has 0 unspecified atom stereocenters. The summed E-state index contributed by atoms with van der Waals surface area (Å²) >= 11 is 5.10. The van der Waals surface area contributed by atoms with Gasteiger partial charge in [-0.1, -0.05) is 18.2 Å². The number of anilines is 1. The van der Waals surface area contributed by atoms with Gasteiger partial charge in [0.15, 0.2) is 5.69 Å². The number of hydrogen-bond acceptors (Lipinski definition) is 4. The number of fused-ring (bicyclic) bond motifs is 1. The van der Waals surface area contributed by atoms with E-state index in [0.29, 0.717) is 17.7 Å². The summed E-state index contributed by atoms with van der Waals surface area (Å²) in [7, 11) is 0. The third kappa shape index (κ3) is 4.39. The average Bonchev–Trinajstić information content (AvgIpc) is 2.89. The van der Waals surface area contributed by atoms with E-state index in [1.807, 2.05) is 18.2 Å². The normalized spacial score (nSPS) is 11.9. The van der Waals surface area contributed by atoms with Gasteiger partial charge in [-0.25, -0.2) is 0 Å². The van der Waals surface area contributed by atoms with Crippen molar-refractivity contribution in [3.8, 4) is 11.6 Å².